The average Bonchev–Trinajstić information content (AvgIpc) is 3.15. The summed E-state index contributed by atoms with van der Waals surface area (Å²) in [5.74, 6) is -0.422. The zero-order valence-corrected chi connectivity index (χ0v) is 20.8. The monoisotopic (exact) mass is 510 g/mol. The highest BCUT2D eigenvalue weighted by molar-refractivity contribution is 9.10. The van der Waals surface area contributed by atoms with E-state index in [9.17, 15) is 9.90 Å². The van der Waals surface area contributed by atoms with Crippen molar-refractivity contribution < 1.29 is 14.8 Å². The lowest BCUT2D eigenvalue weighted by Gasteiger charge is -2.37. The van der Waals surface area contributed by atoms with E-state index in [0.29, 0.717) is 34.8 Å². The summed E-state index contributed by atoms with van der Waals surface area (Å²) in [5, 5.41) is 20.1. The highest BCUT2D eigenvalue weighted by atomic mass is 79.9. The number of likely N-dealkylation sites (tertiary alicyclic amines) is 1. The summed E-state index contributed by atoms with van der Waals surface area (Å²) >= 11 is 3.52. The van der Waals surface area contributed by atoms with E-state index in [1.54, 1.807) is 24.5 Å². The molecule has 3 heterocycles. The number of fused-ring (bicyclic) bond motifs is 3. The molecule has 1 aliphatic heterocycles. The molecule has 2 bridgehead atoms. The molecule has 1 saturated carbocycles. The van der Waals surface area contributed by atoms with Crippen LogP contribution < -0.4 is 4.90 Å². The second-order valence-corrected chi connectivity index (χ2v) is 11.7. The lowest BCUT2D eigenvalue weighted by atomic mass is 9.65. The third-order valence-electron chi connectivity index (χ3n) is 7.18. The Morgan fingerprint density at radius 1 is 1.24 bits per heavy atom. The first-order valence-corrected chi connectivity index (χ1v) is 12.1. The summed E-state index contributed by atoms with van der Waals surface area (Å²) in [6.45, 7) is 8.91. The largest absolute Gasteiger partial charge is 0.493 e. The smallest absolute Gasteiger partial charge is 0.295 e. The molecule has 172 valence electrons. The van der Waals surface area contributed by atoms with Gasteiger partial charge in [-0.25, -0.2) is 0 Å². The van der Waals surface area contributed by atoms with E-state index >= 15 is 0 Å². The molecule has 1 amide bonds. The standard InChI is InChI=1S/C25H28BrN5O2/c1-24(2)11-18-12-25(3,13-24)14-30(18)15-31-20-5-4-17(26)10-19(20)21(23(31)33)28-29-22(32)16-6-8-27-9-7-16/h4-10,18,33H,11-15H2,1-3H3/p+1/t18?,25-/m1/s1. The molecule has 0 radical (unpaired) electrons. The third kappa shape index (κ3) is 4.22. The number of quaternary nitrogens is 1. The van der Waals surface area contributed by atoms with Crippen LogP contribution >= 0.6 is 15.9 Å². The number of pyridine rings is 1. The molecule has 3 atom stereocenters. The van der Waals surface area contributed by atoms with Crippen LogP contribution in [0.15, 0.2) is 57.4 Å². The first-order chi connectivity index (χ1) is 15.6. The Balaban J connectivity index is 1.50. The third-order valence-corrected chi connectivity index (χ3v) is 7.67. The maximum absolute atomic E-state index is 12.4. The highest BCUT2D eigenvalue weighted by Crippen LogP contribution is 2.47. The Kier molecular flexibility index (Phi) is 5.40. The van der Waals surface area contributed by atoms with Crippen molar-refractivity contribution in [2.45, 2.75) is 52.7 Å². The van der Waals surface area contributed by atoms with Gasteiger partial charge in [0.25, 0.3) is 5.91 Å². The number of carbonyl (C=O) groups is 1. The summed E-state index contributed by atoms with van der Waals surface area (Å²) in [6, 6.07) is 9.62. The normalized spacial score (nSPS) is 26.3. The van der Waals surface area contributed by atoms with E-state index in [1.165, 1.54) is 24.2 Å². The van der Waals surface area contributed by atoms with Crippen molar-refractivity contribution in [1.82, 2.24) is 9.55 Å². The number of carbonyl (C=O) groups excluding carboxylic acids is 1. The first-order valence-electron chi connectivity index (χ1n) is 11.4. The molecule has 8 heteroatoms. The van der Waals surface area contributed by atoms with Crippen LogP contribution in [0.1, 0.15) is 50.4 Å². The van der Waals surface area contributed by atoms with Crippen LogP contribution in [0, 0.1) is 10.8 Å². The van der Waals surface area contributed by atoms with E-state index in [-0.39, 0.29) is 5.88 Å². The molecule has 7 nitrogen and oxygen atoms in total. The molecule has 1 aliphatic carbocycles. The second kappa shape index (κ2) is 8.02. The molecule has 2 N–H and O–H groups in total. The number of halogens is 1. The number of aromatic hydroxyl groups is 1. The van der Waals surface area contributed by atoms with Crippen LogP contribution in [-0.4, -0.2) is 33.2 Å². The maximum Gasteiger partial charge on any atom is 0.295 e. The summed E-state index contributed by atoms with van der Waals surface area (Å²) in [4.78, 5) is 17.9. The summed E-state index contributed by atoms with van der Waals surface area (Å²) in [5.41, 5.74) is 2.30. The maximum atomic E-state index is 12.4. The quantitative estimate of drug-likeness (QED) is 0.491. The number of benzene rings is 1. The van der Waals surface area contributed by atoms with E-state index < -0.39 is 5.91 Å². The Bertz CT molecular complexity index is 1250. The van der Waals surface area contributed by atoms with Gasteiger partial charge in [0, 0.05) is 46.1 Å². The molecule has 0 spiro atoms. The predicted molar refractivity (Wildman–Crippen MR) is 130 cm³/mol. The van der Waals surface area contributed by atoms with Crippen molar-refractivity contribution in [3.63, 3.8) is 0 Å². The number of hydrogen-bond donors (Lipinski definition) is 2. The van der Waals surface area contributed by atoms with Crippen molar-refractivity contribution in [1.29, 1.82) is 0 Å². The lowest BCUT2D eigenvalue weighted by Crippen LogP contribution is -3.13. The van der Waals surface area contributed by atoms with Crippen LogP contribution in [0.2, 0.25) is 0 Å². The van der Waals surface area contributed by atoms with Gasteiger partial charge < -0.3 is 10.0 Å². The fraction of sp³-hybridized carbons (Fsp3) is 0.440. The Morgan fingerprint density at radius 2 is 2.00 bits per heavy atom. The number of azo groups is 1. The number of nitrogens with one attached hydrogen (secondary N) is 1. The Morgan fingerprint density at radius 3 is 2.76 bits per heavy atom. The minimum Gasteiger partial charge on any atom is -0.493 e. The van der Waals surface area contributed by atoms with Crippen molar-refractivity contribution in [3.05, 3.63) is 52.8 Å². The minimum absolute atomic E-state index is 0.0488. The van der Waals surface area contributed by atoms with Gasteiger partial charge >= 0.3 is 0 Å². The molecule has 5 rings (SSSR count). The summed E-state index contributed by atoms with van der Waals surface area (Å²) < 4.78 is 2.81. The van der Waals surface area contributed by atoms with Crippen LogP contribution in [0.4, 0.5) is 5.69 Å². The number of hydrogen-bond acceptors (Lipinski definition) is 4. The number of aromatic nitrogens is 2. The zero-order valence-electron chi connectivity index (χ0n) is 19.2. The van der Waals surface area contributed by atoms with Crippen LogP contribution in [0.3, 0.4) is 0 Å². The molecule has 2 aliphatic rings. The van der Waals surface area contributed by atoms with Crippen LogP contribution in [0.25, 0.3) is 10.9 Å². The molecule has 1 aromatic carbocycles. The fourth-order valence-electron chi connectivity index (χ4n) is 6.34. The van der Waals surface area contributed by atoms with E-state index in [0.717, 1.165) is 21.9 Å². The second-order valence-electron chi connectivity index (χ2n) is 10.8. The Labute approximate surface area is 201 Å². The summed E-state index contributed by atoms with van der Waals surface area (Å²) in [7, 11) is 0. The van der Waals surface area contributed by atoms with Crippen molar-refractivity contribution in [3.8, 4) is 5.88 Å². The molecule has 3 aromatic rings. The molecule has 2 fully saturated rings. The topological polar surface area (TPSA) is 84.3 Å². The van der Waals surface area contributed by atoms with Gasteiger partial charge in [-0.3, -0.25) is 14.3 Å². The number of nitrogens with zero attached hydrogens (tertiary/aromatic N) is 4. The van der Waals surface area contributed by atoms with E-state index in [4.69, 9.17) is 0 Å². The zero-order chi connectivity index (χ0) is 23.4. The van der Waals surface area contributed by atoms with Gasteiger partial charge in [0.05, 0.1) is 18.1 Å². The molecular formula is C25H29BrN5O2+. The van der Waals surface area contributed by atoms with Gasteiger partial charge in [0.15, 0.2) is 12.4 Å². The molecule has 33 heavy (non-hydrogen) atoms. The number of rotatable bonds is 4. The van der Waals surface area contributed by atoms with Crippen LogP contribution in [-0.2, 0) is 6.67 Å². The van der Waals surface area contributed by atoms with Gasteiger partial charge in [-0.2, -0.15) is 0 Å². The highest BCUT2D eigenvalue weighted by Gasteiger charge is 2.52. The van der Waals surface area contributed by atoms with Gasteiger partial charge in [0.1, 0.15) is 0 Å². The van der Waals surface area contributed by atoms with Crippen molar-refractivity contribution in [2.24, 2.45) is 21.1 Å². The van der Waals surface area contributed by atoms with Gasteiger partial charge in [-0.15, -0.1) is 10.2 Å². The van der Waals surface area contributed by atoms with Crippen LogP contribution in [0.5, 0.6) is 5.88 Å². The van der Waals surface area contributed by atoms with Gasteiger partial charge in [-0.1, -0.05) is 36.7 Å². The first kappa shape index (κ1) is 22.2. The van der Waals surface area contributed by atoms with Gasteiger partial charge in [-0.05, 0) is 42.2 Å². The predicted octanol–water partition coefficient (Wildman–Crippen LogP) is 4.87. The van der Waals surface area contributed by atoms with Crippen molar-refractivity contribution in [2.75, 3.05) is 6.54 Å². The lowest BCUT2D eigenvalue weighted by molar-refractivity contribution is -0.936. The Hall–Kier alpha value is -2.58. The van der Waals surface area contributed by atoms with Crippen molar-refractivity contribution >= 4 is 38.4 Å². The molecule has 2 unspecified atom stereocenters. The fourth-order valence-corrected chi connectivity index (χ4v) is 6.70. The average molecular weight is 511 g/mol. The van der Waals surface area contributed by atoms with E-state index in [1.807, 2.05) is 22.8 Å². The number of amides is 1. The van der Waals surface area contributed by atoms with E-state index in [2.05, 4.69) is 51.9 Å². The molecular weight excluding hydrogens is 482 g/mol. The van der Waals surface area contributed by atoms with Gasteiger partial charge in [0.2, 0.25) is 5.88 Å². The molecule has 2 aromatic heterocycles. The minimum atomic E-state index is -0.471. The summed E-state index contributed by atoms with van der Waals surface area (Å²) in [6.07, 6.45) is 6.74. The SMILES string of the molecule is CC1(C)CC2C[C@@](C)(C[NH+]2Cn2c(O)c(N=NC(=O)c3ccncc3)c3cc(Br)ccc32)C1. The molecule has 1 saturated heterocycles.